The standard InChI is InChI=1S/C14H28N2O2/c1-5-14(3,4)16-13(17)10(2)18-12-8-6-7-11(12)9-15/h10-12H,5-9,15H2,1-4H3,(H,16,17). The highest BCUT2D eigenvalue weighted by Crippen LogP contribution is 2.28. The van der Waals surface area contributed by atoms with E-state index in [2.05, 4.69) is 12.2 Å². The molecule has 1 fully saturated rings. The van der Waals surface area contributed by atoms with Crippen LogP contribution in [-0.2, 0) is 9.53 Å². The van der Waals surface area contributed by atoms with Crippen LogP contribution in [0.3, 0.4) is 0 Å². The van der Waals surface area contributed by atoms with Gasteiger partial charge in [-0.15, -0.1) is 0 Å². The third-order valence-corrected chi connectivity index (χ3v) is 3.99. The van der Waals surface area contributed by atoms with Crippen molar-refractivity contribution >= 4 is 5.91 Å². The number of carbonyl (C=O) groups excluding carboxylic acids is 1. The molecule has 1 amide bonds. The Morgan fingerprint density at radius 3 is 2.72 bits per heavy atom. The molecule has 106 valence electrons. The quantitative estimate of drug-likeness (QED) is 0.762. The third-order valence-electron chi connectivity index (χ3n) is 3.99. The number of rotatable bonds is 6. The molecule has 0 spiro atoms. The largest absolute Gasteiger partial charge is 0.365 e. The van der Waals surface area contributed by atoms with Gasteiger partial charge in [0.25, 0.3) is 0 Å². The van der Waals surface area contributed by atoms with Gasteiger partial charge in [0.1, 0.15) is 6.10 Å². The Hall–Kier alpha value is -0.610. The predicted molar refractivity (Wildman–Crippen MR) is 73.2 cm³/mol. The minimum atomic E-state index is -0.395. The van der Waals surface area contributed by atoms with E-state index in [0.29, 0.717) is 12.5 Å². The predicted octanol–water partition coefficient (Wildman–Crippen LogP) is 1.82. The number of ether oxygens (including phenoxy) is 1. The second-order valence-corrected chi connectivity index (χ2v) is 5.97. The fraction of sp³-hybridized carbons (Fsp3) is 0.929. The van der Waals surface area contributed by atoms with Crippen LogP contribution in [0.25, 0.3) is 0 Å². The fourth-order valence-electron chi connectivity index (χ4n) is 2.30. The van der Waals surface area contributed by atoms with Crippen LogP contribution in [0.2, 0.25) is 0 Å². The maximum atomic E-state index is 12.0. The van der Waals surface area contributed by atoms with Crippen molar-refractivity contribution in [3.05, 3.63) is 0 Å². The Morgan fingerprint density at radius 2 is 2.17 bits per heavy atom. The lowest BCUT2D eigenvalue weighted by atomic mass is 10.0. The normalized spacial score (nSPS) is 26.1. The molecule has 4 nitrogen and oxygen atoms in total. The maximum Gasteiger partial charge on any atom is 0.249 e. The molecular formula is C14H28N2O2. The van der Waals surface area contributed by atoms with Gasteiger partial charge < -0.3 is 15.8 Å². The molecule has 0 saturated heterocycles. The van der Waals surface area contributed by atoms with Crippen molar-refractivity contribution in [2.45, 2.75) is 71.1 Å². The maximum absolute atomic E-state index is 12.0. The molecule has 1 aliphatic carbocycles. The second-order valence-electron chi connectivity index (χ2n) is 5.97. The lowest BCUT2D eigenvalue weighted by Crippen LogP contribution is -2.48. The number of nitrogens with one attached hydrogen (secondary N) is 1. The van der Waals surface area contributed by atoms with Gasteiger partial charge in [0.15, 0.2) is 0 Å². The van der Waals surface area contributed by atoms with E-state index in [1.165, 1.54) is 0 Å². The number of amides is 1. The van der Waals surface area contributed by atoms with Gasteiger partial charge in [0.2, 0.25) is 5.91 Å². The minimum absolute atomic E-state index is 0.0236. The van der Waals surface area contributed by atoms with Gasteiger partial charge >= 0.3 is 0 Å². The van der Waals surface area contributed by atoms with Crippen molar-refractivity contribution in [1.82, 2.24) is 5.32 Å². The molecule has 0 heterocycles. The van der Waals surface area contributed by atoms with Crippen molar-refractivity contribution in [3.63, 3.8) is 0 Å². The molecule has 0 aromatic heterocycles. The van der Waals surface area contributed by atoms with E-state index < -0.39 is 6.10 Å². The zero-order valence-electron chi connectivity index (χ0n) is 12.2. The molecule has 1 rings (SSSR count). The van der Waals surface area contributed by atoms with E-state index in [-0.39, 0.29) is 17.6 Å². The van der Waals surface area contributed by atoms with Crippen molar-refractivity contribution in [3.8, 4) is 0 Å². The first-order valence-corrected chi connectivity index (χ1v) is 7.07. The SMILES string of the molecule is CCC(C)(C)NC(=O)C(C)OC1CCCC1CN. The minimum Gasteiger partial charge on any atom is -0.365 e. The summed E-state index contributed by atoms with van der Waals surface area (Å²) < 4.78 is 5.87. The van der Waals surface area contributed by atoms with Gasteiger partial charge in [-0.05, 0) is 52.5 Å². The summed E-state index contributed by atoms with van der Waals surface area (Å²) in [7, 11) is 0. The van der Waals surface area contributed by atoms with E-state index in [9.17, 15) is 4.79 Å². The molecule has 4 heteroatoms. The molecule has 0 aromatic rings. The highest BCUT2D eigenvalue weighted by Gasteiger charge is 2.31. The summed E-state index contributed by atoms with van der Waals surface area (Å²) in [5, 5.41) is 3.02. The molecule has 0 bridgehead atoms. The summed E-state index contributed by atoms with van der Waals surface area (Å²) in [5.41, 5.74) is 5.55. The average molecular weight is 256 g/mol. The van der Waals surface area contributed by atoms with Crippen LogP contribution in [0.4, 0.5) is 0 Å². The molecule has 0 aromatic carbocycles. The van der Waals surface area contributed by atoms with Crippen LogP contribution in [0.1, 0.15) is 53.4 Å². The van der Waals surface area contributed by atoms with Crippen LogP contribution in [-0.4, -0.2) is 30.2 Å². The highest BCUT2D eigenvalue weighted by molar-refractivity contribution is 5.81. The number of hydrogen-bond donors (Lipinski definition) is 2. The molecule has 1 saturated carbocycles. The smallest absolute Gasteiger partial charge is 0.249 e. The fourth-order valence-corrected chi connectivity index (χ4v) is 2.30. The molecule has 0 radical (unpaired) electrons. The first-order chi connectivity index (χ1) is 8.39. The van der Waals surface area contributed by atoms with Gasteiger partial charge in [0.05, 0.1) is 6.10 Å². The zero-order valence-corrected chi connectivity index (χ0v) is 12.2. The Bertz CT molecular complexity index is 279. The molecule has 0 aliphatic heterocycles. The summed E-state index contributed by atoms with van der Waals surface area (Å²) in [6.07, 6.45) is 3.96. The van der Waals surface area contributed by atoms with Crippen LogP contribution >= 0.6 is 0 Å². The van der Waals surface area contributed by atoms with Gasteiger partial charge in [-0.25, -0.2) is 0 Å². The van der Waals surface area contributed by atoms with Crippen molar-refractivity contribution in [2.24, 2.45) is 11.7 Å². The Balaban J connectivity index is 2.44. The molecular weight excluding hydrogens is 228 g/mol. The number of hydrogen-bond acceptors (Lipinski definition) is 3. The first kappa shape index (κ1) is 15.4. The Kier molecular flexibility index (Phi) is 5.60. The van der Waals surface area contributed by atoms with Gasteiger partial charge in [-0.3, -0.25) is 4.79 Å². The van der Waals surface area contributed by atoms with Gasteiger partial charge in [-0.2, -0.15) is 0 Å². The summed E-state index contributed by atoms with van der Waals surface area (Å²) in [6.45, 7) is 8.59. The monoisotopic (exact) mass is 256 g/mol. The van der Waals surface area contributed by atoms with E-state index >= 15 is 0 Å². The summed E-state index contributed by atoms with van der Waals surface area (Å²) >= 11 is 0. The average Bonchev–Trinajstić information content (AvgIpc) is 2.75. The van der Waals surface area contributed by atoms with Crippen LogP contribution in [0.5, 0.6) is 0 Å². The van der Waals surface area contributed by atoms with Gasteiger partial charge in [-0.1, -0.05) is 13.3 Å². The van der Waals surface area contributed by atoms with Crippen molar-refractivity contribution in [1.29, 1.82) is 0 Å². The zero-order chi connectivity index (χ0) is 13.8. The summed E-state index contributed by atoms with van der Waals surface area (Å²) in [5.74, 6) is 0.393. The lowest BCUT2D eigenvalue weighted by molar-refractivity contribution is -0.138. The van der Waals surface area contributed by atoms with E-state index in [1.807, 2.05) is 20.8 Å². The van der Waals surface area contributed by atoms with Crippen LogP contribution in [0, 0.1) is 5.92 Å². The molecule has 1 aliphatic rings. The summed E-state index contributed by atoms with van der Waals surface area (Å²) in [4.78, 5) is 12.0. The molecule has 3 N–H and O–H groups in total. The van der Waals surface area contributed by atoms with E-state index in [0.717, 1.165) is 25.7 Å². The topological polar surface area (TPSA) is 64.3 Å². The van der Waals surface area contributed by atoms with E-state index in [1.54, 1.807) is 0 Å². The Labute approximate surface area is 111 Å². The van der Waals surface area contributed by atoms with Crippen LogP contribution < -0.4 is 11.1 Å². The summed E-state index contributed by atoms with van der Waals surface area (Å²) in [6, 6.07) is 0. The lowest BCUT2D eigenvalue weighted by Gasteiger charge is -2.28. The first-order valence-electron chi connectivity index (χ1n) is 7.07. The van der Waals surface area contributed by atoms with Crippen molar-refractivity contribution in [2.75, 3.05) is 6.54 Å². The highest BCUT2D eigenvalue weighted by atomic mass is 16.5. The Morgan fingerprint density at radius 1 is 1.50 bits per heavy atom. The third kappa shape index (κ3) is 4.25. The van der Waals surface area contributed by atoms with E-state index in [4.69, 9.17) is 10.5 Å². The van der Waals surface area contributed by atoms with Crippen LogP contribution in [0.15, 0.2) is 0 Å². The molecule has 3 atom stereocenters. The second kappa shape index (κ2) is 6.53. The molecule has 18 heavy (non-hydrogen) atoms. The number of nitrogens with two attached hydrogens (primary N) is 1. The number of carbonyl (C=O) groups is 1. The van der Waals surface area contributed by atoms with Crippen molar-refractivity contribution < 1.29 is 9.53 Å². The molecule has 3 unspecified atom stereocenters. The van der Waals surface area contributed by atoms with Gasteiger partial charge in [0, 0.05) is 5.54 Å².